The van der Waals surface area contributed by atoms with Gasteiger partial charge in [-0.15, -0.1) is 0 Å². The highest BCUT2D eigenvalue weighted by Gasteiger charge is 2.27. The molecular weight excluding hydrogens is 396 g/mol. The van der Waals surface area contributed by atoms with E-state index in [-0.39, 0.29) is 0 Å². The number of aliphatic carboxylic acids is 2. The standard InChI is InChI=1S/C21H28N4.C2H2O4/c1-2-6-20(7-3-1)24-13-15-25(16-14-24)21-8-11-23(12-9-21)18-19-5-4-10-22-17-19;3-1(4)2(5)6/h1-7,10,17,21H,8-9,11-16,18H2;(H,3,4)(H,5,6). The Morgan fingerprint density at radius 3 is 2.06 bits per heavy atom. The third kappa shape index (κ3) is 7.04. The van der Waals surface area contributed by atoms with Gasteiger partial charge >= 0.3 is 11.9 Å². The Balaban J connectivity index is 0.000000401. The van der Waals surface area contributed by atoms with E-state index in [0.717, 1.165) is 25.7 Å². The Kier molecular flexibility index (Phi) is 8.37. The molecule has 166 valence electrons. The van der Waals surface area contributed by atoms with Crippen LogP contribution < -0.4 is 4.90 Å². The molecule has 3 heterocycles. The second-order valence-corrected chi connectivity index (χ2v) is 7.84. The smallest absolute Gasteiger partial charge is 0.414 e. The number of benzene rings is 1. The molecule has 0 unspecified atom stereocenters. The molecule has 2 N–H and O–H groups in total. The zero-order chi connectivity index (χ0) is 22.1. The van der Waals surface area contributed by atoms with Gasteiger partial charge in [-0.25, -0.2) is 9.59 Å². The molecule has 4 rings (SSSR count). The second kappa shape index (κ2) is 11.4. The van der Waals surface area contributed by atoms with Crippen LogP contribution in [0, 0.1) is 0 Å². The molecule has 31 heavy (non-hydrogen) atoms. The predicted molar refractivity (Wildman–Crippen MR) is 118 cm³/mol. The maximum atomic E-state index is 9.10. The van der Waals surface area contributed by atoms with Gasteiger partial charge < -0.3 is 15.1 Å². The van der Waals surface area contributed by atoms with Gasteiger partial charge in [0.2, 0.25) is 0 Å². The number of anilines is 1. The van der Waals surface area contributed by atoms with E-state index in [4.69, 9.17) is 19.8 Å². The molecule has 0 amide bonds. The van der Waals surface area contributed by atoms with Crippen molar-refractivity contribution in [1.29, 1.82) is 0 Å². The molecule has 0 radical (unpaired) electrons. The van der Waals surface area contributed by atoms with E-state index in [1.54, 1.807) is 0 Å². The van der Waals surface area contributed by atoms with Crippen LogP contribution in [-0.2, 0) is 16.1 Å². The maximum Gasteiger partial charge on any atom is 0.414 e. The minimum Gasteiger partial charge on any atom is -0.473 e. The highest BCUT2D eigenvalue weighted by Crippen LogP contribution is 2.22. The lowest BCUT2D eigenvalue weighted by atomic mass is 10.0. The molecule has 0 aliphatic carbocycles. The van der Waals surface area contributed by atoms with E-state index < -0.39 is 11.9 Å². The van der Waals surface area contributed by atoms with Crippen LogP contribution in [0.25, 0.3) is 0 Å². The number of rotatable bonds is 4. The van der Waals surface area contributed by atoms with E-state index in [2.05, 4.69) is 56.1 Å². The minimum absolute atomic E-state index is 0.767. The first-order valence-electron chi connectivity index (χ1n) is 10.6. The molecule has 2 aromatic rings. The number of likely N-dealkylation sites (tertiary alicyclic amines) is 1. The largest absolute Gasteiger partial charge is 0.473 e. The van der Waals surface area contributed by atoms with Crippen molar-refractivity contribution in [2.45, 2.75) is 25.4 Å². The first-order chi connectivity index (χ1) is 15.0. The van der Waals surface area contributed by atoms with Crippen molar-refractivity contribution < 1.29 is 19.8 Å². The summed E-state index contributed by atoms with van der Waals surface area (Å²) in [6, 6.07) is 15.8. The van der Waals surface area contributed by atoms with Crippen LogP contribution in [-0.4, -0.2) is 82.2 Å². The normalized spacial score (nSPS) is 18.1. The highest BCUT2D eigenvalue weighted by atomic mass is 16.4. The molecule has 0 atom stereocenters. The quantitative estimate of drug-likeness (QED) is 0.717. The minimum atomic E-state index is -1.82. The van der Waals surface area contributed by atoms with Gasteiger partial charge in [0.25, 0.3) is 0 Å². The fourth-order valence-electron chi connectivity index (χ4n) is 4.18. The van der Waals surface area contributed by atoms with Crippen molar-refractivity contribution in [3.05, 3.63) is 60.4 Å². The molecule has 8 heteroatoms. The number of aromatic nitrogens is 1. The number of carbonyl (C=O) groups is 2. The topological polar surface area (TPSA) is 97.2 Å². The van der Waals surface area contributed by atoms with Gasteiger partial charge in [0, 0.05) is 56.8 Å². The average molecular weight is 427 g/mol. The molecule has 0 bridgehead atoms. The summed E-state index contributed by atoms with van der Waals surface area (Å²) in [6.45, 7) is 8.16. The van der Waals surface area contributed by atoms with Crippen molar-refractivity contribution in [2.24, 2.45) is 0 Å². The first kappa shape index (κ1) is 22.7. The summed E-state index contributed by atoms with van der Waals surface area (Å²) in [6.07, 6.45) is 6.44. The predicted octanol–water partition coefficient (Wildman–Crippen LogP) is 2.02. The summed E-state index contributed by atoms with van der Waals surface area (Å²) in [7, 11) is 0. The summed E-state index contributed by atoms with van der Waals surface area (Å²) in [5.74, 6) is -3.65. The van der Waals surface area contributed by atoms with Crippen molar-refractivity contribution in [3.63, 3.8) is 0 Å². The number of pyridine rings is 1. The molecule has 2 fully saturated rings. The Labute approximate surface area is 182 Å². The summed E-state index contributed by atoms with van der Waals surface area (Å²) < 4.78 is 0. The zero-order valence-corrected chi connectivity index (χ0v) is 17.6. The fraction of sp³-hybridized carbons (Fsp3) is 0.435. The number of nitrogens with zero attached hydrogens (tertiary/aromatic N) is 4. The summed E-state index contributed by atoms with van der Waals surface area (Å²) >= 11 is 0. The number of carboxylic acids is 2. The third-order valence-corrected chi connectivity index (χ3v) is 5.82. The molecular formula is C23H30N4O4. The second-order valence-electron chi connectivity index (χ2n) is 7.84. The van der Waals surface area contributed by atoms with Crippen molar-refractivity contribution in [1.82, 2.24) is 14.8 Å². The van der Waals surface area contributed by atoms with E-state index >= 15 is 0 Å². The molecule has 2 aliphatic rings. The fourth-order valence-corrected chi connectivity index (χ4v) is 4.18. The monoisotopic (exact) mass is 426 g/mol. The third-order valence-electron chi connectivity index (χ3n) is 5.82. The average Bonchev–Trinajstić information content (AvgIpc) is 2.81. The number of para-hydroxylation sites is 1. The Bertz CT molecular complexity index is 806. The van der Waals surface area contributed by atoms with Crippen LogP contribution in [0.2, 0.25) is 0 Å². The molecule has 2 aliphatic heterocycles. The van der Waals surface area contributed by atoms with Crippen molar-refractivity contribution in [2.75, 3.05) is 44.2 Å². The van der Waals surface area contributed by atoms with E-state index in [1.165, 1.54) is 50.3 Å². The van der Waals surface area contributed by atoms with Gasteiger partial charge in [0.05, 0.1) is 0 Å². The van der Waals surface area contributed by atoms with Crippen LogP contribution in [0.1, 0.15) is 18.4 Å². The number of hydrogen-bond acceptors (Lipinski definition) is 6. The maximum absolute atomic E-state index is 9.10. The lowest BCUT2D eigenvalue weighted by Crippen LogP contribution is -2.53. The van der Waals surface area contributed by atoms with Gasteiger partial charge in [-0.1, -0.05) is 24.3 Å². The van der Waals surface area contributed by atoms with E-state index in [1.807, 2.05) is 18.5 Å². The molecule has 2 saturated heterocycles. The van der Waals surface area contributed by atoms with Crippen LogP contribution in [0.4, 0.5) is 5.69 Å². The zero-order valence-electron chi connectivity index (χ0n) is 17.6. The van der Waals surface area contributed by atoms with Gasteiger partial charge in [0.15, 0.2) is 0 Å². The number of piperidine rings is 1. The van der Waals surface area contributed by atoms with Crippen LogP contribution in [0.15, 0.2) is 54.9 Å². The first-order valence-corrected chi connectivity index (χ1v) is 10.6. The molecule has 8 nitrogen and oxygen atoms in total. The highest BCUT2D eigenvalue weighted by molar-refractivity contribution is 6.27. The van der Waals surface area contributed by atoms with Crippen molar-refractivity contribution in [3.8, 4) is 0 Å². The molecule has 1 aromatic heterocycles. The van der Waals surface area contributed by atoms with E-state index in [0.29, 0.717) is 0 Å². The summed E-state index contributed by atoms with van der Waals surface area (Å²) in [4.78, 5) is 30.3. The molecule has 0 spiro atoms. The summed E-state index contributed by atoms with van der Waals surface area (Å²) in [5.41, 5.74) is 2.70. The Morgan fingerprint density at radius 2 is 1.52 bits per heavy atom. The Hall–Kier alpha value is -2.97. The lowest BCUT2D eigenvalue weighted by Gasteiger charge is -2.43. The Morgan fingerprint density at radius 1 is 0.871 bits per heavy atom. The van der Waals surface area contributed by atoms with Crippen LogP contribution in [0.5, 0.6) is 0 Å². The lowest BCUT2D eigenvalue weighted by molar-refractivity contribution is -0.159. The van der Waals surface area contributed by atoms with Gasteiger partial charge in [-0.2, -0.15) is 0 Å². The number of piperazine rings is 1. The SMILES string of the molecule is O=C(O)C(=O)O.c1ccc(N2CCN(C3CCN(Cc4cccnc4)CC3)CC2)cc1. The summed E-state index contributed by atoms with van der Waals surface area (Å²) in [5, 5.41) is 14.8. The number of hydrogen-bond donors (Lipinski definition) is 2. The molecule has 0 saturated carbocycles. The van der Waals surface area contributed by atoms with Crippen molar-refractivity contribution >= 4 is 17.6 Å². The number of carboxylic acid groups (broad SMARTS) is 2. The molecule has 1 aromatic carbocycles. The van der Waals surface area contributed by atoms with E-state index in [9.17, 15) is 0 Å². The van der Waals surface area contributed by atoms with Gasteiger partial charge in [0.1, 0.15) is 0 Å². The van der Waals surface area contributed by atoms with Crippen LogP contribution in [0.3, 0.4) is 0 Å². The van der Waals surface area contributed by atoms with Gasteiger partial charge in [-0.05, 0) is 49.7 Å². The van der Waals surface area contributed by atoms with Crippen LogP contribution >= 0.6 is 0 Å². The van der Waals surface area contributed by atoms with Gasteiger partial charge in [-0.3, -0.25) is 14.8 Å².